The molecule has 0 saturated heterocycles. The molecule has 0 aliphatic rings. The molecular formula is C13H19N5OS. The highest BCUT2D eigenvalue weighted by Crippen LogP contribution is 2.24. The number of pyridine rings is 1. The van der Waals surface area contributed by atoms with E-state index in [1.54, 1.807) is 32.1 Å². The lowest BCUT2D eigenvalue weighted by molar-refractivity contribution is 0.405. The normalized spacial score (nSPS) is 10.8. The number of nitriles is 1. The summed E-state index contributed by atoms with van der Waals surface area (Å²) in [6, 6.07) is 1.93. The van der Waals surface area contributed by atoms with Gasteiger partial charge in [-0.25, -0.2) is 0 Å². The summed E-state index contributed by atoms with van der Waals surface area (Å²) in [6.45, 7) is 2.63. The molecule has 0 radical (unpaired) electrons. The largest absolute Gasteiger partial charge is 0.495 e. The number of thioether (sulfide) groups is 1. The molecular weight excluding hydrogens is 274 g/mol. The third-order valence-electron chi connectivity index (χ3n) is 2.53. The van der Waals surface area contributed by atoms with Crippen molar-refractivity contribution in [3.8, 4) is 11.9 Å². The summed E-state index contributed by atoms with van der Waals surface area (Å²) >= 11 is 1.73. The second kappa shape index (κ2) is 9.04. The Morgan fingerprint density at radius 2 is 2.40 bits per heavy atom. The van der Waals surface area contributed by atoms with Gasteiger partial charge in [-0.1, -0.05) is 0 Å². The molecule has 0 aliphatic heterocycles. The number of aryl methyl sites for hydroxylation is 1. The first-order chi connectivity index (χ1) is 9.72. The maximum atomic E-state index is 8.49. The van der Waals surface area contributed by atoms with Gasteiger partial charge in [-0.2, -0.15) is 17.0 Å². The van der Waals surface area contributed by atoms with E-state index in [2.05, 4.69) is 20.6 Å². The van der Waals surface area contributed by atoms with Crippen LogP contribution >= 0.6 is 11.8 Å². The number of hydrogen-bond donors (Lipinski definition) is 2. The molecule has 2 N–H and O–H groups in total. The summed E-state index contributed by atoms with van der Waals surface area (Å²) in [6.07, 6.45) is 3.62. The summed E-state index contributed by atoms with van der Waals surface area (Å²) in [4.78, 5) is 8.56. The van der Waals surface area contributed by atoms with Crippen LogP contribution < -0.4 is 15.4 Å². The van der Waals surface area contributed by atoms with Gasteiger partial charge in [0.1, 0.15) is 5.75 Å². The molecule has 0 saturated carbocycles. The van der Waals surface area contributed by atoms with Crippen molar-refractivity contribution < 1.29 is 4.74 Å². The van der Waals surface area contributed by atoms with E-state index in [1.165, 1.54) is 0 Å². The number of hydrogen-bond acceptors (Lipinski definition) is 5. The van der Waals surface area contributed by atoms with E-state index in [9.17, 15) is 0 Å². The van der Waals surface area contributed by atoms with Gasteiger partial charge in [0.05, 0.1) is 19.3 Å². The fourth-order valence-corrected chi connectivity index (χ4v) is 2.37. The van der Waals surface area contributed by atoms with Crippen molar-refractivity contribution in [2.24, 2.45) is 4.99 Å². The number of rotatable bonds is 6. The minimum absolute atomic E-state index is 0.486. The van der Waals surface area contributed by atoms with Crippen LogP contribution in [0.25, 0.3) is 0 Å². The van der Waals surface area contributed by atoms with Gasteiger partial charge in [0.2, 0.25) is 5.96 Å². The Bertz CT molecular complexity index is 498. The molecule has 1 aromatic heterocycles. The quantitative estimate of drug-likeness (QED) is 0.270. The minimum Gasteiger partial charge on any atom is -0.495 e. The van der Waals surface area contributed by atoms with Crippen LogP contribution in [0.4, 0.5) is 0 Å². The van der Waals surface area contributed by atoms with E-state index < -0.39 is 0 Å². The van der Waals surface area contributed by atoms with E-state index in [0.29, 0.717) is 12.5 Å². The summed E-state index contributed by atoms with van der Waals surface area (Å²) < 4.78 is 5.36. The van der Waals surface area contributed by atoms with E-state index >= 15 is 0 Å². The Labute approximate surface area is 123 Å². The summed E-state index contributed by atoms with van der Waals surface area (Å²) in [5, 5.41) is 13.8. The molecule has 1 rings (SSSR count). The third-order valence-corrected chi connectivity index (χ3v) is 3.48. The van der Waals surface area contributed by atoms with Crippen LogP contribution in [0.15, 0.2) is 17.3 Å². The number of nitrogens with zero attached hydrogens (tertiary/aromatic N) is 3. The van der Waals surface area contributed by atoms with Crippen molar-refractivity contribution in [3.05, 3.63) is 23.5 Å². The molecule has 0 aromatic carbocycles. The van der Waals surface area contributed by atoms with Gasteiger partial charge in [0.25, 0.3) is 0 Å². The topological polar surface area (TPSA) is 82.3 Å². The fraction of sp³-hybridized carbons (Fsp3) is 0.462. The van der Waals surface area contributed by atoms with Gasteiger partial charge in [-0.15, -0.1) is 0 Å². The fourth-order valence-electron chi connectivity index (χ4n) is 1.61. The van der Waals surface area contributed by atoms with Crippen LogP contribution in [0.2, 0.25) is 0 Å². The van der Waals surface area contributed by atoms with Gasteiger partial charge >= 0.3 is 0 Å². The number of methoxy groups -OCH3 is 1. The van der Waals surface area contributed by atoms with Crippen LogP contribution in [0.3, 0.4) is 0 Å². The van der Waals surface area contributed by atoms with Crippen LogP contribution in [-0.2, 0) is 5.75 Å². The zero-order chi connectivity index (χ0) is 14.8. The first-order valence-electron chi connectivity index (χ1n) is 6.16. The second-order valence-corrected chi connectivity index (χ2v) is 4.98. The van der Waals surface area contributed by atoms with Crippen LogP contribution in [-0.4, -0.2) is 37.4 Å². The molecule has 0 fully saturated rings. The van der Waals surface area contributed by atoms with Crippen molar-refractivity contribution >= 4 is 17.7 Å². The third kappa shape index (κ3) is 4.97. The molecule has 20 heavy (non-hydrogen) atoms. The first kappa shape index (κ1) is 16.1. The summed E-state index contributed by atoms with van der Waals surface area (Å²) in [5.74, 6) is 2.96. The molecule has 7 heteroatoms. The smallest absolute Gasteiger partial charge is 0.204 e. The zero-order valence-electron chi connectivity index (χ0n) is 11.9. The molecule has 1 aromatic rings. The number of ether oxygens (including phenoxy) is 1. The van der Waals surface area contributed by atoms with Gasteiger partial charge in [-0.05, 0) is 18.6 Å². The molecule has 1 heterocycles. The van der Waals surface area contributed by atoms with Crippen molar-refractivity contribution in [1.82, 2.24) is 15.6 Å². The standard InChI is InChI=1S/C13H19N5OS/c1-10-4-5-16-11(12(10)19-3)8-20-7-6-17-13(15-2)18-9-14/h4-5H,6-8H2,1-3H3,(H2,15,17,18). The van der Waals surface area contributed by atoms with Crippen molar-refractivity contribution in [3.63, 3.8) is 0 Å². The second-order valence-electron chi connectivity index (χ2n) is 3.88. The highest BCUT2D eigenvalue weighted by atomic mass is 32.2. The van der Waals surface area contributed by atoms with Gasteiger partial charge in [0.15, 0.2) is 6.19 Å². The maximum absolute atomic E-state index is 8.49. The van der Waals surface area contributed by atoms with Crippen LogP contribution in [0.1, 0.15) is 11.3 Å². The Morgan fingerprint density at radius 3 is 3.05 bits per heavy atom. The first-order valence-corrected chi connectivity index (χ1v) is 7.32. The molecule has 0 atom stereocenters. The molecule has 6 nitrogen and oxygen atoms in total. The number of aliphatic imine (C=N–C) groups is 1. The van der Waals surface area contributed by atoms with E-state index in [0.717, 1.165) is 28.5 Å². The Balaban J connectivity index is 2.42. The van der Waals surface area contributed by atoms with Gasteiger partial charge in [-0.3, -0.25) is 15.3 Å². The molecule has 0 amide bonds. The Hall–Kier alpha value is -1.94. The van der Waals surface area contributed by atoms with Crippen molar-refractivity contribution in [1.29, 1.82) is 5.26 Å². The molecule has 0 bridgehead atoms. The van der Waals surface area contributed by atoms with Crippen LogP contribution in [0.5, 0.6) is 5.75 Å². The van der Waals surface area contributed by atoms with E-state index in [-0.39, 0.29) is 0 Å². The van der Waals surface area contributed by atoms with E-state index in [4.69, 9.17) is 10.00 Å². The summed E-state index contributed by atoms with van der Waals surface area (Å²) in [5.41, 5.74) is 2.04. The van der Waals surface area contributed by atoms with Gasteiger partial charge < -0.3 is 10.1 Å². The minimum atomic E-state index is 0.486. The number of nitrogens with one attached hydrogen (secondary N) is 2. The predicted octanol–water partition coefficient (Wildman–Crippen LogP) is 1.28. The Morgan fingerprint density at radius 1 is 1.60 bits per heavy atom. The number of guanidine groups is 1. The predicted molar refractivity (Wildman–Crippen MR) is 81.8 cm³/mol. The average molecular weight is 293 g/mol. The monoisotopic (exact) mass is 293 g/mol. The lowest BCUT2D eigenvalue weighted by Gasteiger charge is -2.09. The average Bonchev–Trinajstić information content (AvgIpc) is 2.46. The molecule has 0 spiro atoms. The van der Waals surface area contributed by atoms with Gasteiger partial charge in [0, 0.05) is 24.8 Å². The summed E-state index contributed by atoms with van der Waals surface area (Å²) in [7, 11) is 3.38. The number of aromatic nitrogens is 1. The lowest BCUT2D eigenvalue weighted by Crippen LogP contribution is -2.31. The van der Waals surface area contributed by atoms with Crippen molar-refractivity contribution in [2.75, 3.05) is 26.5 Å². The SMILES string of the molecule is CN/C(=N/CCSCc1nccc(C)c1OC)NC#N. The van der Waals surface area contributed by atoms with E-state index in [1.807, 2.05) is 19.2 Å². The highest BCUT2D eigenvalue weighted by Gasteiger charge is 2.06. The zero-order valence-corrected chi connectivity index (χ0v) is 12.8. The lowest BCUT2D eigenvalue weighted by atomic mass is 10.2. The highest BCUT2D eigenvalue weighted by molar-refractivity contribution is 7.98. The maximum Gasteiger partial charge on any atom is 0.204 e. The molecule has 0 aliphatic carbocycles. The molecule has 0 unspecified atom stereocenters. The molecule has 108 valence electrons. The Kier molecular flexibility index (Phi) is 7.29. The van der Waals surface area contributed by atoms with Crippen LogP contribution in [0, 0.1) is 18.4 Å². The van der Waals surface area contributed by atoms with Crippen molar-refractivity contribution in [2.45, 2.75) is 12.7 Å².